The number of non-ortho nitro benzene ring substituents is 1. The Hall–Kier alpha value is -3.15. The highest BCUT2D eigenvalue weighted by molar-refractivity contribution is 6.01. The van der Waals surface area contributed by atoms with Gasteiger partial charge in [0.25, 0.3) is 5.69 Å². The smallest absolute Gasteiger partial charge is 0.269 e. The zero-order valence-corrected chi connectivity index (χ0v) is 11.9. The number of nitrogens with one attached hydrogen (secondary N) is 1. The molecule has 0 aliphatic heterocycles. The molecule has 0 atom stereocenters. The summed E-state index contributed by atoms with van der Waals surface area (Å²) < 4.78 is 5.05. The molecule has 0 unspecified atom stereocenters. The quantitative estimate of drug-likeness (QED) is 0.522. The van der Waals surface area contributed by atoms with E-state index in [1.165, 1.54) is 30.3 Å². The van der Waals surface area contributed by atoms with E-state index in [2.05, 4.69) is 5.32 Å². The third kappa shape index (κ3) is 4.17. The van der Waals surface area contributed by atoms with E-state index < -0.39 is 4.92 Å². The number of methoxy groups -OCH3 is 1. The summed E-state index contributed by atoms with van der Waals surface area (Å²) in [6.45, 7) is 0. The van der Waals surface area contributed by atoms with Crippen LogP contribution in [0.4, 0.5) is 11.4 Å². The summed E-state index contributed by atoms with van der Waals surface area (Å²) in [6.07, 6.45) is 3.06. The molecule has 0 aliphatic rings. The minimum atomic E-state index is -0.491. The number of ether oxygens (including phenoxy) is 1. The first-order valence-corrected chi connectivity index (χ1v) is 6.46. The summed E-state index contributed by atoms with van der Waals surface area (Å²) in [7, 11) is 1.59. The van der Waals surface area contributed by atoms with E-state index in [9.17, 15) is 14.9 Å². The standard InChI is InChI=1S/C16H14N2O4/c1-22-15-9-2-12(3-10-15)4-11-16(19)17-13-5-7-14(8-6-13)18(20)21/h2-11H,1H3,(H,17,19). The Labute approximate surface area is 127 Å². The van der Waals surface area contributed by atoms with Crippen molar-refractivity contribution in [1.29, 1.82) is 0 Å². The number of rotatable bonds is 5. The average molecular weight is 298 g/mol. The third-order valence-corrected chi connectivity index (χ3v) is 2.89. The minimum Gasteiger partial charge on any atom is -0.497 e. The Morgan fingerprint density at radius 3 is 2.32 bits per heavy atom. The van der Waals surface area contributed by atoms with E-state index in [0.29, 0.717) is 5.69 Å². The molecule has 2 aromatic rings. The molecule has 2 aromatic carbocycles. The highest BCUT2D eigenvalue weighted by Crippen LogP contribution is 2.16. The second-order valence-corrected chi connectivity index (χ2v) is 4.40. The van der Waals surface area contributed by atoms with Gasteiger partial charge < -0.3 is 10.1 Å². The fraction of sp³-hybridized carbons (Fsp3) is 0.0625. The van der Waals surface area contributed by atoms with Gasteiger partial charge in [-0.3, -0.25) is 14.9 Å². The van der Waals surface area contributed by atoms with Crippen molar-refractivity contribution in [3.8, 4) is 5.75 Å². The van der Waals surface area contributed by atoms with Crippen molar-refractivity contribution in [2.45, 2.75) is 0 Å². The van der Waals surface area contributed by atoms with Crippen LogP contribution in [0.5, 0.6) is 5.75 Å². The molecular weight excluding hydrogens is 284 g/mol. The predicted molar refractivity (Wildman–Crippen MR) is 83.8 cm³/mol. The lowest BCUT2D eigenvalue weighted by molar-refractivity contribution is -0.384. The Morgan fingerprint density at radius 2 is 1.77 bits per heavy atom. The molecule has 6 nitrogen and oxygen atoms in total. The monoisotopic (exact) mass is 298 g/mol. The molecule has 22 heavy (non-hydrogen) atoms. The van der Waals surface area contributed by atoms with E-state index in [4.69, 9.17) is 4.74 Å². The second-order valence-electron chi connectivity index (χ2n) is 4.40. The number of hydrogen-bond acceptors (Lipinski definition) is 4. The van der Waals surface area contributed by atoms with Crippen LogP contribution in [0, 0.1) is 10.1 Å². The number of carbonyl (C=O) groups excluding carboxylic acids is 1. The highest BCUT2D eigenvalue weighted by atomic mass is 16.6. The van der Waals surface area contributed by atoms with Crippen molar-refractivity contribution in [1.82, 2.24) is 0 Å². The molecule has 0 saturated heterocycles. The topological polar surface area (TPSA) is 81.5 Å². The van der Waals surface area contributed by atoms with Gasteiger partial charge >= 0.3 is 0 Å². The molecule has 0 saturated carbocycles. The molecule has 1 N–H and O–H groups in total. The Bertz CT molecular complexity index is 691. The fourth-order valence-corrected chi connectivity index (χ4v) is 1.74. The maximum absolute atomic E-state index is 11.8. The number of nitro benzene ring substituents is 1. The molecule has 112 valence electrons. The summed E-state index contributed by atoms with van der Waals surface area (Å²) in [5.41, 5.74) is 1.33. The van der Waals surface area contributed by atoms with Gasteiger partial charge in [-0.25, -0.2) is 0 Å². The van der Waals surface area contributed by atoms with Gasteiger partial charge in [0, 0.05) is 23.9 Å². The van der Waals surface area contributed by atoms with Gasteiger partial charge in [-0.05, 0) is 35.9 Å². The summed E-state index contributed by atoms with van der Waals surface area (Å²) >= 11 is 0. The van der Waals surface area contributed by atoms with Gasteiger partial charge in [0.2, 0.25) is 5.91 Å². The zero-order valence-electron chi connectivity index (χ0n) is 11.9. The van der Waals surface area contributed by atoms with Crippen molar-refractivity contribution in [2.75, 3.05) is 12.4 Å². The zero-order chi connectivity index (χ0) is 15.9. The van der Waals surface area contributed by atoms with Gasteiger partial charge in [0.05, 0.1) is 12.0 Å². The van der Waals surface area contributed by atoms with Gasteiger partial charge in [-0.1, -0.05) is 12.1 Å². The van der Waals surface area contributed by atoms with Gasteiger partial charge in [0.15, 0.2) is 0 Å². The molecule has 1 amide bonds. The average Bonchev–Trinajstić information content (AvgIpc) is 2.54. The number of anilines is 1. The molecule has 0 heterocycles. The molecule has 6 heteroatoms. The summed E-state index contributed by atoms with van der Waals surface area (Å²) in [5, 5.41) is 13.2. The lowest BCUT2D eigenvalue weighted by Crippen LogP contribution is -2.07. The van der Waals surface area contributed by atoms with E-state index in [1.807, 2.05) is 12.1 Å². The molecule has 2 rings (SSSR count). The SMILES string of the molecule is COc1ccc(C=CC(=O)Nc2ccc([N+](=O)[O-])cc2)cc1. The van der Waals surface area contributed by atoms with Crippen LogP contribution in [0.2, 0.25) is 0 Å². The molecule has 0 spiro atoms. The van der Waals surface area contributed by atoms with Gasteiger partial charge in [-0.2, -0.15) is 0 Å². The second kappa shape index (κ2) is 7.03. The minimum absolute atomic E-state index is 0.0215. The number of amides is 1. The number of hydrogen-bond donors (Lipinski definition) is 1. The first kappa shape index (κ1) is 15.2. The normalized spacial score (nSPS) is 10.4. The van der Waals surface area contributed by atoms with Crippen molar-refractivity contribution in [3.05, 3.63) is 70.3 Å². The van der Waals surface area contributed by atoms with E-state index in [0.717, 1.165) is 11.3 Å². The number of nitro groups is 1. The van der Waals surface area contributed by atoms with Crippen LogP contribution in [-0.2, 0) is 4.79 Å². The third-order valence-electron chi connectivity index (χ3n) is 2.89. The van der Waals surface area contributed by atoms with Crippen LogP contribution >= 0.6 is 0 Å². The molecule has 0 aromatic heterocycles. The number of benzene rings is 2. The Kier molecular flexibility index (Phi) is 4.87. The molecule has 0 fully saturated rings. The lowest BCUT2D eigenvalue weighted by Gasteiger charge is -2.02. The van der Waals surface area contributed by atoms with Crippen molar-refractivity contribution < 1.29 is 14.5 Å². The van der Waals surface area contributed by atoms with Crippen LogP contribution in [0.15, 0.2) is 54.6 Å². The first-order valence-electron chi connectivity index (χ1n) is 6.46. The number of carbonyl (C=O) groups is 1. The highest BCUT2D eigenvalue weighted by Gasteiger charge is 2.04. The van der Waals surface area contributed by atoms with Crippen molar-refractivity contribution in [3.63, 3.8) is 0 Å². The molecular formula is C16H14N2O4. The van der Waals surface area contributed by atoms with E-state index >= 15 is 0 Å². The Morgan fingerprint density at radius 1 is 1.14 bits per heavy atom. The van der Waals surface area contributed by atoms with Crippen molar-refractivity contribution >= 4 is 23.4 Å². The molecule has 0 aliphatic carbocycles. The van der Waals surface area contributed by atoms with E-state index in [-0.39, 0.29) is 11.6 Å². The van der Waals surface area contributed by atoms with E-state index in [1.54, 1.807) is 25.3 Å². The van der Waals surface area contributed by atoms with Crippen LogP contribution in [-0.4, -0.2) is 17.9 Å². The van der Waals surface area contributed by atoms with Crippen LogP contribution in [0.25, 0.3) is 6.08 Å². The van der Waals surface area contributed by atoms with Crippen molar-refractivity contribution in [2.24, 2.45) is 0 Å². The fourth-order valence-electron chi connectivity index (χ4n) is 1.74. The van der Waals surface area contributed by atoms with Crippen LogP contribution in [0.3, 0.4) is 0 Å². The molecule has 0 radical (unpaired) electrons. The first-order chi connectivity index (χ1) is 10.6. The van der Waals surface area contributed by atoms with Crippen LogP contribution in [0.1, 0.15) is 5.56 Å². The largest absolute Gasteiger partial charge is 0.497 e. The Balaban J connectivity index is 1.96. The maximum atomic E-state index is 11.8. The summed E-state index contributed by atoms with van der Waals surface area (Å²) in [6, 6.07) is 12.9. The lowest BCUT2D eigenvalue weighted by atomic mass is 10.2. The summed E-state index contributed by atoms with van der Waals surface area (Å²) in [4.78, 5) is 21.8. The summed E-state index contributed by atoms with van der Waals surface area (Å²) in [5.74, 6) is 0.428. The molecule has 0 bridgehead atoms. The maximum Gasteiger partial charge on any atom is 0.269 e. The number of nitrogens with zero attached hydrogens (tertiary/aromatic N) is 1. The predicted octanol–water partition coefficient (Wildman–Crippen LogP) is 3.26. The van der Waals surface area contributed by atoms with Gasteiger partial charge in [0.1, 0.15) is 5.75 Å². The van der Waals surface area contributed by atoms with Gasteiger partial charge in [-0.15, -0.1) is 0 Å². The van der Waals surface area contributed by atoms with Crippen LogP contribution < -0.4 is 10.1 Å².